The summed E-state index contributed by atoms with van der Waals surface area (Å²) in [7, 11) is 1.70. The molecule has 18 heavy (non-hydrogen) atoms. The molecule has 0 saturated heterocycles. The number of carbonyl (C=O) groups is 1. The second-order valence-corrected chi connectivity index (χ2v) is 4.68. The molecule has 0 amide bonds. The van der Waals surface area contributed by atoms with Gasteiger partial charge >= 0.3 is 5.97 Å². The van der Waals surface area contributed by atoms with Gasteiger partial charge in [0.25, 0.3) is 0 Å². The predicted molar refractivity (Wildman–Crippen MR) is 69.3 cm³/mol. The maximum absolute atomic E-state index is 11.9. The highest BCUT2D eigenvalue weighted by Gasteiger charge is 2.25. The molecule has 0 aromatic heterocycles. The van der Waals surface area contributed by atoms with E-state index in [0.29, 0.717) is 11.3 Å². The minimum atomic E-state index is -0.302. The summed E-state index contributed by atoms with van der Waals surface area (Å²) in [5.41, 5.74) is 6.73. The lowest BCUT2D eigenvalue weighted by Crippen LogP contribution is -2.29. The van der Waals surface area contributed by atoms with E-state index in [2.05, 4.69) is 0 Å². The molecule has 2 N–H and O–H groups in total. The summed E-state index contributed by atoms with van der Waals surface area (Å²) >= 11 is 0. The third-order valence-corrected chi connectivity index (χ3v) is 3.31. The Morgan fingerprint density at radius 2 is 2.11 bits per heavy atom. The lowest BCUT2D eigenvalue weighted by molar-refractivity contribution is -0.0149. The fourth-order valence-electron chi connectivity index (χ4n) is 2.31. The summed E-state index contributed by atoms with van der Waals surface area (Å²) in [6, 6.07) is 6.86. The SMILES string of the molecule is COC1CCCC(OC(=O)c2cccc(N)c2)C1. The molecule has 1 aliphatic carbocycles. The van der Waals surface area contributed by atoms with Crippen molar-refractivity contribution in [1.82, 2.24) is 0 Å². The molecule has 4 nitrogen and oxygen atoms in total. The van der Waals surface area contributed by atoms with E-state index < -0.39 is 0 Å². The molecule has 0 aliphatic heterocycles. The lowest BCUT2D eigenvalue weighted by atomic mass is 9.95. The quantitative estimate of drug-likeness (QED) is 0.660. The van der Waals surface area contributed by atoms with Crippen LogP contribution in [0.2, 0.25) is 0 Å². The Labute approximate surface area is 107 Å². The van der Waals surface area contributed by atoms with Gasteiger partial charge in [0.2, 0.25) is 0 Å². The van der Waals surface area contributed by atoms with Crippen molar-refractivity contribution in [2.24, 2.45) is 0 Å². The second kappa shape index (κ2) is 5.87. The van der Waals surface area contributed by atoms with Crippen LogP contribution in [0, 0.1) is 0 Å². The number of carbonyl (C=O) groups excluding carboxylic acids is 1. The van der Waals surface area contributed by atoms with Gasteiger partial charge in [0.05, 0.1) is 11.7 Å². The molecule has 0 bridgehead atoms. The highest BCUT2D eigenvalue weighted by atomic mass is 16.5. The van der Waals surface area contributed by atoms with Crippen molar-refractivity contribution in [3.63, 3.8) is 0 Å². The molecule has 0 spiro atoms. The van der Waals surface area contributed by atoms with Crippen molar-refractivity contribution >= 4 is 11.7 Å². The van der Waals surface area contributed by atoms with Gasteiger partial charge < -0.3 is 15.2 Å². The van der Waals surface area contributed by atoms with Crippen LogP contribution in [0.5, 0.6) is 0 Å². The number of hydrogen-bond donors (Lipinski definition) is 1. The number of ether oxygens (including phenoxy) is 2. The van der Waals surface area contributed by atoms with E-state index in [1.54, 1.807) is 31.4 Å². The fraction of sp³-hybridized carbons (Fsp3) is 0.500. The average molecular weight is 249 g/mol. The van der Waals surface area contributed by atoms with Crippen molar-refractivity contribution in [2.75, 3.05) is 12.8 Å². The molecular formula is C14H19NO3. The number of esters is 1. The van der Waals surface area contributed by atoms with Gasteiger partial charge in [-0.1, -0.05) is 6.07 Å². The third-order valence-electron chi connectivity index (χ3n) is 3.31. The zero-order valence-corrected chi connectivity index (χ0v) is 10.6. The molecule has 2 rings (SSSR count). The van der Waals surface area contributed by atoms with Crippen LogP contribution in [-0.2, 0) is 9.47 Å². The van der Waals surface area contributed by atoms with Crippen molar-refractivity contribution in [1.29, 1.82) is 0 Å². The zero-order valence-electron chi connectivity index (χ0n) is 10.6. The van der Waals surface area contributed by atoms with Crippen LogP contribution in [0.3, 0.4) is 0 Å². The standard InChI is InChI=1S/C14H19NO3/c1-17-12-6-3-7-13(9-12)18-14(16)10-4-2-5-11(15)8-10/h2,4-5,8,12-13H,3,6-7,9,15H2,1H3. The van der Waals surface area contributed by atoms with E-state index in [4.69, 9.17) is 15.2 Å². The van der Waals surface area contributed by atoms with E-state index in [-0.39, 0.29) is 18.2 Å². The Kier molecular flexibility index (Phi) is 4.20. The highest BCUT2D eigenvalue weighted by Crippen LogP contribution is 2.24. The summed E-state index contributed by atoms with van der Waals surface area (Å²) in [5.74, 6) is -0.302. The van der Waals surface area contributed by atoms with Crippen molar-refractivity contribution in [3.8, 4) is 0 Å². The molecule has 0 radical (unpaired) electrons. The largest absolute Gasteiger partial charge is 0.459 e. The van der Waals surface area contributed by atoms with Gasteiger partial charge in [0.15, 0.2) is 0 Å². The molecule has 1 aliphatic rings. The summed E-state index contributed by atoms with van der Waals surface area (Å²) in [6.07, 6.45) is 3.93. The Bertz CT molecular complexity index is 419. The maximum atomic E-state index is 11.9. The highest BCUT2D eigenvalue weighted by molar-refractivity contribution is 5.90. The normalized spacial score (nSPS) is 23.6. The number of nitrogens with two attached hydrogens (primary N) is 1. The van der Waals surface area contributed by atoms with E-state index >= 15 is 0 Å². The second-order valence-electron chi connectivity index (χ2n) is 4.68. The molecule has 1 aromatic carbocycles. The Hall–Kier alpha value is -1.55. The van der Waals surface area contributed by atoms with E-state index in [0.717, 1.165) is 25.7 Å². The first-order valence-electron chi connectivity index (χ1n) is 6.28. The molecule has 1 fully saturated rings. The maximum Gasteiger partial charge on any atom is 0.338 e. The van der Waals surface area contributed by atoms with E-state index in [1.807, 2.05) is 0 Å². The number of nitrogen functional groups attached to an aromatic ring is 1. The summed E-state index contributed by atoms with van der Waals surface area (Å²) in [6.45, 7) is 0. The molecule has 2 unspecified atom stereocenters. The number of benzene rings is 1. The van der Waals surface area contributed by atoms with Crippen molar-refractivity contribution in [2.45, 2.75) is 37.9 Å². The average Bonchev–Trinajstić information content (AvgIpc) is 2.39. The van der Waals surface area contributed by atoms with Crippen LogP contribution in [0.4, 0.5) is 5.69 Å². The van der Waals surface area contributed by atoms with Gasteiger partial charge in [-0.15, -0.1) is 0 Å². The van der Waals surface area contributed by atoms with Crippen molar-refractivity contribution < 1.29 is 14.3 Å². The van der Waals surface area contributed by atoms with Gasteiger partial charge in [0, 0.05) is 19.2 Å². The first-order valence-corrected chi connectivity index (χ1v) is 6.28. The monoisotopic (exact) mass is 249 g/mol. The molecule has 1 aromatic rings. The van der Waals surface area contributed by atoms with E-state index in [9.17, 15) is 4.79 Å². The third kappa shape index (κ3) is 3.23. The van der Waals surface area contributed by atoms with E-state index in [1.165, 1.54) is 0 Å². The number of anilines is 1. The van der Waals surface area contributed by atoms with Gasteiger partial charge in [-0.25, -0.2) is 4.79 Å². The van der Waals surface area contributed by atoms with Crippen LogP contribution < -0.4 is 5.73 Å². The van der Waals surface area contributed by atoms with Crippen LogP contribution in [-0.4, -0.2) is 25.3 Å². The lowest BCUT2D eigenvalue weighted by Gasteiger charge is -2.27. The van der Waals surface area contributed by atoms with Gasteiger partial charge in [-0.05, 0) is 37.5 Å². The minimum absolute atomic E-state index is 0.0439. The van der Waals surface area contributed by atoms with Gasteiger partial charge in [-0.2, -0.15) is 0 Å². The fourth-order valence-corrected chi connectivity index (χ4v) is 2.31. The molecule has 2 atom stereocenters. The summed E-state index contributed by atoms with van der Waals surface area (Å²) in [5, 5.41) is 0. The summed E-state index contributed by atoms with van der Waals surface area (Å²) < 4.78 is 10.8. The van der Waals surface area contributed by atoms with Crippen LogP contribution in [0.15, 0.2) is 24.3 Å². The number of hydrogen-bond acceptors (Lipinski definition) is 4. The minimum Gasteiger partial charge on any atom is -0.459 e. The Balaban J connectivity index is 1.95. The van der Waals surface area contributed by atoms with Gasteiger partial charge in [0.1, 0.15) is 6.10 Å². The topological polar surface area (TPSA) is 61.5 Å². The van der Waals surface area contributed by atoms with Crippen LogP contribution in [0.25, 0.3) is 0 Å². The first-order chi connectivity index (χ1) is 8.69. The summed E-state index contributed by atoms with van der Waals surface area (Å²) in [4.78, 5) is 11.9. The predicted octanol–water partition coefficient (Wildman–Crippen LogP) is 2.38. The number of rotatable bonds is 3. The molecule has 1 saturated carbocycles. The molecule has 0 heterocycles. The van der Waals surface area contributed by atoms with Gasteiger partial charge in [-0.3, -0.25) is 0 Å². The first kappa shape index (κ1) is 12.9. The Morgan fingerprint density at radius 3 is 2.83 bits per heavy atom. The molecule has 98 valence electrons. The molecule has 4 heteroatoms. The number of methoxy groups -OCH3 is 1. The molecular weight excluding hydrogens is 230 g/mol. The zero-order chi connectivity index (χ0) is 13.0. The Morgan fingerprint density at radius 1 is 1.33 bits per heavy atom. The smallest absolute Gasteiger partial charge is 0.338 e. The van der Waals surface area contributed by atoms with Crippen LogP contribution in [0.1, 0.15) is 36.0 Å². The van der Waals surface area contributed by atoms with Crippen LogP contribution >= 0.6 is 0 Å². The van der Waals surface area contributed by atoms with Crippen molar-refractivity contribution in [3.05, 3.63) is 29.8 Å².